The predicted octanol–water partition coefficient (Wildman–Crippen LogP) is 2.43. The van der Waals surface area contributed by atoms with Crippen molar-refractivity contribution < 1.29 is 14.3 Å². The normalized spacial score (nSPS) is 21.4. The molecule has 0 bridgehead atoms. The number of amides is 3. The first-order valence-electron chi connectivity index (χ1n) is 10.1. The summed E-state index contributed by atoms with van der Waals surface area (Å²) in [6.07, 6.45) is 6.56. The maximum Gasteiger partial charge on any atom is 0.317 e. The molecule has 1 saturated heterocycles. The number of carbonyl (C=O) groups excluding carboxylic acids is 2. The second kappa shape index (κ2) is 7.41. The van der Waals surface area contributed by atoms with E-state index in [1.807, 2.05) is 12.1 Å². The highest BCUT2D eigenvalue weighted by Crippen LogP contribution is 2.41. The smallest absolute Gasteiger partial charge is 0.317 e. The molecule has 0 unspecified atom stereocenters. The molecule has 1 aromatic carbocycles. The summed E-state index contributed by atoms with van der Waals surface area (Å²) < 4.78 is 5.38. The molecule has 3 amide bonds. The number of rotatable bonds is 6. The van der Waals surface area contributed by atoms with E-state index in [1.54, 1.807) is 12.0 Å². The Bertz CT molecular complexity index is 704. The average molecular weight is 371 g/mol. The number of urea groups is 1. The summed E-state index contributed by atoms with van der Waals surface area (Å²) in [5.74, 6) is 1.24. The van der Waals surface area contributed by atoms with E-state index in [1.165, 1.54) is 18.4 Å². The van der Waals surface area contributed by atoms with E-state index in [9.17, 15) is 9.59 Å². The lowest BCUT2D eigenvalue weighted by Crippen LogP contribution is -2.63. The fraction of sp³-hybridized carbons (Fsp3) is 0.619. The molecule has 3 fully saturated rings. The third-order valence-corrected chi connectivity index (χ3v) is 6.28. The van der Waals surface area contributed by atoms with E-state index < -0.39 is 0 Å². The molecular formula is C21H29N3O3. The van der Waals surface area contributed by atoms with E-state index in [0.717, 1.165) is 31.4 Å². The van der Waals surface area contributed by atoms with Crippen molar-refractivity contribution in [1.82, 2.24) is 15.5 Å². The summed E-state index contributed by atoms with van der Waals surface area (Å²) in [5.41, 5.74) is 1.24. The van der Waals surface area contributed by atoms with Gasteiger partial charge in [0.15, 0.2) is 0 Å². The lowest BCUT2D eigenvalue weighted by atomic mass is 9.78. The summed E-state index contributed by atoms with van der Waals surface area (Å²) in [5, 5.41) is 6.18. The van der Waals surface area contributed by atoms with Crippen molar-refractivity contribution in [3.05, 3.63) is 29.8 Å². The predicted molar refractivity (Wildman–Crippen MR) is 103 cm³/mol. The van der Waals surface area contributed by atoms with Crippen LogP contribution in [0.3, 0.4) is 0 Å². The van der Waals surface area contributed by atoms with Gasteiger partial charge in [0.2, 0.25) is 5.91 Å². The third kappa shape index (κ3) is 3.89. The van der Waals surface area contributed by atoms with E-state index >= 15 is 0 Å². The molecule has 27 heavy (non-hydrogen) atoms. The van der Waals surface area contributed by atoms with Gasteiger partial charge in [0, 0.05) is 31.0 Å². The van der Waals surface area contributed by atoms with Gasteiger partial charge in [0.05, 0.1) is 13.2 Å². The molecule has 2 aliphatic carbocycles. The first-order chi connectivity index (χ1) is 13.1. The standard InChI is InChI=1S/C21H29N3O3/c1-27-18-6-4-5-16(11-18)21(9-2-3-10-21)14-22-20(26)24-12-17(13-24)23-19(25)15-7-8-15/h4-6,11,15,17H,2-3,7-10,12-14H2,1H3,(H,22,26)(H,23,25). The van der Waals surface area contributed by atoms with E-state index in [4.69, 9.17) is 4.74 Å². The second-order valence-electron chi connectivity index (χ2n) is 8.26. The molecule has 0 spiro atoms. The minimum Gasteiger partial charge on any atom is -0.497 e. The topological polar surface area (TPSA) is 70.7 Å². The van der Waals surface area contributed by atoms with Crippen molar-refractivity contribution in [3.8, 4) is 5.75 Å². The van der Waals surface area contributed by atoms with Crippen LogP contribution >= 0.6 is 0 Å². The summed E-state index contributed by atoms with van der Waals surface area (Å²) in [7, 11) is 1.69. The van der Waals surface area contributed by atoms with E-state index in [2.05, 4.69) is 22.8 Å². The Morgan fingerprint density at radius 3 is 2.63 bits per heavy atom. The summed E-state index contributed by atoms with van der Waals surface area (Å²) in [6, 6.07) is 8.32. The van der Waals surface area contributed by atoms with Crippen molar-refractivity contribution in [2.45, 2.75) is 50.0 Å². The molecule has 4 rings (SSSR count). The zero-order valence-corrected chi connectivity index (χ0v) is 16.0. The monoisotopic (exact) mass is 371 g/mol. The summed E-state index contributed by atoms with van der Waals surface area (Å²) >= 11 is 0. The Hall–Kier alpha value is -2.24. The van der Waals surface area contributed by atoms with Gasteiger partial charge in [-0.15, -0.1) is 0 Å². The SMILES string of the molecule is COc1cccc(C2(CNC(=O)N3CC(NC(=O)C4CC4)C3)CCCC2)c1. The number of hydrogen-bond donors (Lipinski definition) is 2. The van der Waals surface area contributed by atoms with Gasteiger partial charge in [-0.1, -0.05) is 25.0 Å². The Morgan fingerprint density at radius 2 is 1.96 bits per heavy atom. The first-order valence-corrected chi connectivity index (χ1v) is 10.1. The van der Waals surface area contributed by atoms with Crippen LogP contribution in [-0.4, -0.2) is 49.6 Å². The average Bonchev–Trinajstić information content (AvgIpc) is 3.40. The van der Waals surface area contributed by atoms with E-state index in [0.29, 0.717) is 19.6 Å². The van der Waals surface area contributed by atoms with Gasteiger partial charge in [-0.3, -0.25) is 4.79 Å². The minimum atomic E-state index is -0.0268. The van der Waals surface area contributed by atoms with Crippen LogP contribution in [0.4, 0.5) is 4.79 Å². The van der Waals surface area contributed by atoms with Crippen LogP contribution in [0.2, 0.25) is 0 Å². The molecule has 1 heterocycles. The number of benzene rings is 1. The molecule has 2 saturated carbocycles. The van der Waals surface area contributed by atoms with Crippen LogP contribution < -0.4 is 15.4 Å². The van der Waals surface area contributed by atoms with Gasteiger partial charge in [-0.05, 0) is 43.4 Å². The van der Waals surface area contributed by atoms with Gasteiger partial charge >= 0.3 is 6.03 Å². The number of nitrogens with zero attached hydrogens (tertiary/aromatic N) is 1. The lowest BCUT2D eigenvalue weighted by Gasteiger charge is -2.40. The van der Waals surface area contributed by atoms with Crippen LogP contribution in [0.5, 0.6) is 5.75 Å². The van der Waals surface area contributed by atoms with Gasteiger partial charge in [0.1, 0.15) is 5.75 Å². The molecule has 6 heteroatoms. The fourth-order valence-electron chi connectivity index (χ4n) is 4.33. The summed E-state index contributed by atoms with van der Waals surface area (Å²) in [4.78, 5) is 26.1. The van der Waals surface area contributed by atoms with Gasteiger partial charge in [-0.2, -0.15) is 0 Å². The molecule has 6 nitrogen and oxygen atoms in total. The van der Waals surface area contributed by atoms with Crippen LogP contribution in [0.1, 0.15) is 44.1 Å². The number of nitrogens with one attached hydrogen (secondary N) is 2. The van der Waals surface area contributed by atoms with Gasteiger partial charge in [-0.25, -0.2) is 4.79 Å². The van der Waals surface area contributed by atoms with Crippen molar-refractivity contribution >= 4 is 11.9 Å². The van der Waals surface area contributed by atoms with Crippen LogP contribution in [0.15, 0.2) is 24.3 Å². The molecule has 2 N–H and O–H groups in total. The van der Waals surface area contributed by atoms with Crippen LogP contribution in [0.25, 0.3) is 0 Å². The van der Waals surface area contributed by atoms with Crippen molar-refractivity contribution in [2.75, 3.05) is 26.7 Å². The molecule has 0 radical (unpaired) electrons. The number of carbonyl (C=O) groups is 2. The van der Waals surface area contributed by atoms with Crippen LogP contribution in [0, 0.1) is 5.92 Å². The number of ether oxygens (including phenoxy) is 1. The summed E-state index contributed by atoms with van der Waals surface area (Å²) in [6.45, 7) is 1.86. The van der Waals surface area contributed by atoms with E-state index in [-0.39, 0.29) is 29.3 Å². The molecule has 146 valence electrons. The van der Waals surface area contributed by atoms with Gasteiger partial charge in [0.25, 0.3) is 0 Å². The highest BCUT2D eigenvalue weighted by Gasteiger charge is 2.39. The van der Waals surface area contributed by atoms with Gasteiger partial charge < -0.3 is 20.3 Å². The van der Waals surface area contributed by atoms with Crippen molar-refractivity contribution in [1.29, 1.82) is 0 Å². The zero-order chi connectivity index (χ0) is 18.9. The molecule has 3 aliphatic rings. The van der Waals surface area contributed by atoms with Crippen LogP contribution in [-0.2, 0) is 10.2 Å². The number of likely N-dealkylation sites (tertiary alicyclic amines) is 1. The quantitative estimate of drug-likeness (QED) is 0.807. The third-order valence-electron chi connectivity index (χ3n) is 6.28. The molecule has 0 atom stereocenters. The Morgan fingerprint density at radius 1 is 1.22 bits per heavy atom. The maximum absolute atomic E-state index is 12.5. The fourth-order valence-corrected chi connectivity index (χ4v) is 4.33. The number of methoxy groups -OCH3 is 1. The maximum atomic E-state index is 12.5. The molecule has 1 aliphatic heterocycles. The molecule has 1 aromatic rings. The molecule has 0 aromatic heterocycles. The first kappa shape index (κ1) is 18.1. The molecular weight excluding hydrogens is 342 g/mol. The van der Waals surface area contributed by atoms with Crippen molar-refractivity contribution in [3.63, 3.8) is 0 Å². The lowest BCUT2D eigenvalue weighted by molar-refractivity contribution is -0.123. The Balaban J connectivity index is 1.31. The Kier molecular flexibility index (Phi) is 4.98. The minimum absolute atomic E-state index is 0.00530. The number of hydrogen-bond acceptors (Lipinski definition) is 3. The largest absolute Gasteiger partial charge is 0.497 e. The second-order valence-corrected chi connectivity index (χ2v) is 8.26. The highest BCUT2D eigenvalue weighted by molar-refractivity contribution is 5.82. The van der Waals surface area contributed by atoms with Crippen molar-refractivity contribution in [2.24, 2.45) is 5.92 Å². The zero-order valence-electron chi connectivity index (χ0n) is 16.0. The highest BCUT2D eigenvalue weighted by atomic mass is 16.5. The Labute approximate surface area is 160 Å².